The van der Waals surface area contributed by atoms with Crippen LogP contribution in [-0.2, 0) is 29.3 Å². The van der Waals surface area contributed by atoms with Crippen LogP contribution >= 0.6 is 0 Å². The summed E-state index contributed by atoms with van der Waals surface area (Å²) in [5.41, 5.74) is 3.96. The van der Waals surface area contributed by atoms with Gasteiger partial charge in [-0.05, 0) is 47.9 Å². The van der Waals surface area contributed by atoms with Gasteiger partial charge in [-0.3, -0.25) is 24.6 Å². The predicted molar refractivity (Wildman–Crippen MR) is 152 cm³/mol. The van der Waals surface area contributed by atoms with Crippen molar-refractivity contribution in [2.75, 3.05) is 31.1 Å². The fraction of sp³-hybridized carbons (Fsp3) is 0.312. The number of nitriles is 1. The summed E-state index contributed by atoms with van der Waals surface area (Å²) in [4.78, 5) is 42.8. The Kier molecular flexibility index (Phi) is 7.24. The van der Waals surface area contributed by atoms with Crippen LogP contribution in [-0.4, -0.2) is 59.7 Å². The zero-order valence-corrected chi connectivity index (χ0v) is 22.9. The number of piperazine rings is 1. The maximum atomic E-state index is 14.4. The topological polar surface area (TPSA) is 106 Å². The number of nitrogens with one attached hydrogen (secondary N) is 1. The standard InChI is InChI=1S/C32H30FN5O4/c33-26-16-23(17-34)8-9-27(26)37-14-12-36(13-15-37)18-21-4-6-22(7-5-21)20-42-29-3-1-2-24-25(29)19-38(32(24)41)28-10-11-30(39)35-31(28)40/h1-9,16,28H,10-15,18-20H2,(H,35,39,40)/t28-/m0/s1/i28D. The van der Waals surface area contributed by atoms with E-state index in [9.17, 15) is 18.8 Å². The van der Waals surface area contributed by atoms with E-state index in [0.717, 1.165) is 30.8 Å². The molecule has 1 atom stereocenters. The van der Waals surface area contributed by atoms with Gasteiger partial charge in [-0.25, -0.2) is 4.39 Å². The molecule has 3 amide bonds. The molecule has 9 nitrogen and oxygen atoms in total. The largest absolute Gasteiger partial charge is 0.489 e. The minimum Gasteiger partial charge on any atom is -0.489 e. The van der Waals surface area contributed by atoms with Gasteiger partial charge in [-0.2, -0.15) is 5.26 Å². The molecule has 0 bridgehead atoms. The molecule has 6 rings (SSSR count). The van der Waals surface area contributed by atoms with Gasteiger partial charge in [0, 0.05) is 50.3 Å². The molecule has 3 aromatic carbocycles. The zero-order chi connectivity index (χ0) is 30.1. The van der Waals surface area contributed by atoms with Crippen molar-refractivity contribution in [2.45, 2.75) is 38.6 Å². The number of fused-ring (bicyclic) bond motifs is 1. The lowest BCUT2D eigenvalue weighted by atomic mass is 10.0. The van der Waals surface area contributed by atoms with E-state index in [1.54, 1.807) is 30.3 Å². The lowest BCUT2D eigenvalue weighted by Crippen LogP contribution is -2.52. The molecule has 0 radical (unpaired) electrons. The molecule has 0 spiro atoms. The minimum atomic E-state index is -1.84. The van der Waals surface area contributed by atoms with E-state index in [1.165, 1.54) is 11.0 Å². The number of hydrogen-bond donors (Lipinski definition) is 1. The third-order valence-electron chi connectivity index (χ3n) is 7.97. The van der Waals surface area contributed by atoms with Gasteiger partial charge in [0.25, 0.3) is 5.91 Å². The Labute approximate surface area is 244 Å². The van der Waals surface area contributed by atoms with Gasteiger partial charge in [-0.1, -0.05) is 30.3 Å². The quantitative estimate of drug-likeness (QED) is 0.436. The molecule has 3 aliphatic heterocycles. The molecule has 10 heteroatoms. The highest BCUT2D eigenvalue weighted by atomic mass is 19.1. The van der Waals surface area contributed by atoms with E-state index in [4.69, 9.17) is 11.4 Å². The van der Waals surface area contributed by atoms with Gasteiger partial charge in [0.05, 0.1) is 25.2 Å². The van der Waals surface area contributed by atoms with Crippen molar-refractivity contribution in [3.05, 3.63) is 94.3 Å². The number of carbonyl (C=O) groups is 3. The van der Waals surface area contributed by atoms with E-state index in [0.29, 0.717) is 41.2 Å². The molecule has 0 unspecified atom stereocenters. The highest BCUT2D eigenvalue weighted by molar-refractivity contribution is 6.05. The smallest absolute Gasteiger partial charge is 0.255 e. The molecule has 0 aliphatic carbocycles. The third kappa shape index (κ3) is 5.56. The SMILES string of the molecule is [2H][C@]1(N2Cc3c(OCc4ccc(CN5CCN(c6ccc(C#N)cc6F)CC5)cc4)cccc3C2=O)CCC(=O)NC1=O. The number of hydrogen-bond acceptors (Lipinski definition) is 7. The van der Waals surface area contributed by atoms with Crippen molar-refractivity contribution >= 4 is 23.4 Å². The lowest BCUT2D eigenvalue weighted by molar-refractivity contribution is -0.136. The molecule has 0 aromatic heterocycles. The fourth-order valence-electron chi connectivity index (χ4n) is 5.66. The maximum absolute atomic E-state index is 14.4. The Morgan fingerprint density at radius 2 is 1.79 bits per heavy atom. The second-order valence-electron chi connectivity index (χ2n) is 10.6. The summed E-state index contributed by atoms with van der Waals surface area (Å²) in [5.74, 6) is -1.50. The van der Waals surface area contributed by atoms with Crippen LogP contribution in [0, 0.1) is 17.1 Å². The highest BCUT2D eigenvalue weighted by Crippen LogP contribution is 2.34. The van der Waals surface area contributed by atoms with Crippen LogP contribution in [0.1, 0.15) is 46.8 Å². The minimum absolute atomic E-state index is 0.00348. The van der Waals surface area contributed by atoms with Crippen LogP contribution < -0.4 is 15.0 Å². The number of nitrogens with zero attached hydrogens (tertiary/aromatic N) is 4. The van der Waals surface area contributed by atoms with Gasteiger partial charge in [0.1, 0.15) is 24.2 Å². The summed E-state index contributed by atoms with van der Waals surface area (Å²) in [5, 5.41) is 11.2. The summed E-state index contributed by atoms with van der Waals surface area (Å²) >= 11 is 0. The first-order chi connectivity index (χ1) is 20.7. The van der Waals surface area contributed by atoms with Crippen LogP contribution in [0.3, 0.4) is 0 Å². The number of ether oxygens (including phenoxy) is 1. The Morgan fingerprint density at radius 3 is 2.50 bits per heavy atom. The molecule has 3 heterocycles. The first-order valence-electron chi connectivity index (χ1n) is 14.4. The average Bonchev–Trinajstić information content (AvgIpc) is 3.36. The van der Waals surface area contributed by atoms with E-state index in [1.807, 2.05) is 23.1 Å². The summed E-state index contributed by atoms with van der Waals surface area (Å²) in [7, 11) is 0. The highest BCUT2D eigenvalue weighted by Gasteiger charge is 2.40. The van der Waals surface area contributed by atoms with Gasteiger partial charge >= 0.3 is 0 Å². The van der Waals surface area contributed by atoms with E-state index in [-0.39, 0.29) is 31.8 Å². The number of benzene rings is 3. The maximum Gasteiger partial charge on any atom is 0.255 e. The van der Waals surface area contributed by atoms with Crippen LogP contribution in [0.4, 0.5) is 10.1 Å². The van der Waals surface area contributed by atoms with Crippen molar-refractivity contribution in [2.24, 2.45) is 0 Å². The number of carbonyl (C=O) groups excluding carboxylic acids is 3. The first kappa shape index (κ1) is 26.2. The molecule has 0 saturated carbocycles. The van der Waals surface area contributed by atoms with Gasteiger partial charge in [0.2, 0.25) is 11.8 Å². The van der Waals surface area contributed by atoms with E-state index >= 15 is 0 Å². The van der Waals surface area contributed by atoms with Gasteiger partial charge in [0.15, 0.2) is 0 Å². The van der Waals surface area contributed by atoms with Crippen molar-refractivity contribution in [1.29, 1.82) is 5.26 Å². The van der Waals surface area contributed by atoms with Gasteiger partial charge in [-0.15, -0.1) is 0 Å². The number of imide groups is 1. The van der Waals surface area contributed by atoms with Crippen LogP contribution in [0.2, 0.25) is 0 Å². The summed E-state index contributed by atoms with van der Waals surface area (Å²) < 4.78 is 29.2. The van der Waals surface area contributed by atoms with E-state index in [2.05, 4.69) is 22.3 Å². The second kappa shape index (κ2) is 11.6. The Bertz CT molecular complexity index is 1630. The predicted octanol–water partition coefficient (Wildman–Crippen LogP) is 3.36. The Balaban J connectivity index is 1.04. The van der Waals surface area contributed by atoms with Crippen LogP contribution in [0.5, 0.6) is 5.75 Å². The number of amides is 3. The number of rotatable bonds is 7. The van der Waals surface area contributed by atoms with E-state index < -0.39 is 23.7 Å². The summed E-state index contributed by atoms with van der Waals surface area (Å²) in [6.07, 6.45) is -0.0468. The molecule has 2 saturated heterocycles. The van der Waals surface area contributed by atoms with Crippen molar-refractivity contribution < 1.29 is 24.9 Å². The molecular weight excluding hydrogens is 537 g/mol. The van der Waals surface area contributed by atoms with Crippen molar-refractivity contribution in [1.82, 2.24) is 15.1 Å². The third-order valence-corrected chi connectivity index (χ3v) is 7.97. The normalized spacial score (nSPS) is 21.0. The fourth-order valence-corrected chi connectivity index (χ4v) is 5.66. The monoisotopic (exact) mass is 568 g/mol. The Hall–Kier alpha value is -4.75. The molecule has 3 aromatic rings. The summed E-state index contributed by atoms with van der Waals surface area (Å²) in [6.45, 7) is 4.07. The molecule has 2 fully saturated rings. The first-order valence-corrected chi connectivity index (χ1v) is 13.9. The average molecular weight is 569 g/mol. The lowest BCUT2D eigenvalue weighted by Gasteiger charge is -2.36. The molecule has 3 aliphatic rings. The molecule has 42 heavy (non-hydrogen) atoms. The van der Waals surface area contributed by atoms with Crippen molar-refractivity contribution in [3.8, 4) is 11.8 Å². The van der Waals surface area contributed by atoms with Crippen LogP contribution in [0.25, 0.3) is 0 Å². The zero-order valence-electron chi connectivity index (χ0n) is 23.9. The van der Waals surface area contributed by atoms with Crippen LogP contribution in [0.15, 0.2) is 60.7 Å². The second-order valence-corrected chi connectivity index (χ2v) is 10.6. The number of anilines is 1. The summed E-state index contributed by atoms with van der Waals surface area (Å²) in [6, 6.07) is 18.0. The van der Waals surface area contributed by atoms with Crippen molar-refractivity contribution in [3.63, 3.8) is 0 Å². The number of piperidine rings is 1. The van der Waals surface area contributed by atoms with Gasteiger partial charge < -0.3 is 14.5 Å². The number of halogens is 1. The molecule has 214 valence electrons. The molecule has 1 N–H and O–H groups in total. The Morgan fingerprint density at radius 1 is 1.02 bits per heavy atom. The molecular formula is C32H30FN5O4.